The number of rotatable bonds is 3. The lowest BCUT2D eigenvalue weighted by Gasteiger charge is -2.29. The average Bonchev–Trinajstić information content (AvgIpc) is 2.61. The first kappa shape index (κ1) is 8.60. The summed E-state index contributed by atoms with van der Waals surface area (Å²) in [7, 11) is 0. The molecule has 0 amide bonds. The molecule has 3 aliphatic rings. The molecule has 2 heteroatoms. The van der Waals surface area contributed by atoms with Gasteiger partial charge in [0, 0.05) is 5.25 Å². The fraction of sp³-hybridized carbons (Fsp3) is 1.00. The summed E-state index contributed by atoms with van der Waals surface area (Å²) < 4.78 is 0. The van der Waals surface area contributed by atoms with Crippen LogP contribution in [0.1, 0.15) is 25.7 Å². The molecule has 0 spiro atoms. The van der Waals surface area contributed by atoms with Crippen LogP contribution in [0.25, 0.3) is 0 Å². The van der Waals surface area contributed by atoms with Crippen LogP contribution >= 0.6 is 11.8 Å². The summed E-state index contributed by atoms with van der Waals surface area (Å²) in [6, 6.07) is 0. The first-order valence-corrected chi connectivity index (χ1v) is 6.79. The summed E-state index contributed by atoms with van der Waals surface area (Å²) in [5.74, 6) is 4.68. The third kappa shape index (κ3) is 1.63. The normalized spacial score (nSPS) is 43.8. The Morgan fingerprint density at radius 3 is 2.62 bits per heavy atom. The maximum absolute atomic E-state index is 3.36. The zero-order valence-electron chi connectivity index (χ0n) is 8.17. The van der Waals surface area contributed by atoms with E-state index in [1.807, 2.05) is 0 Å². The first-order valence-electron chi connectivity index (χ1n) is 5.74. The van der Waals surface area contributed by atoms with Crippen molar-refractivity contribution in [1.82, 2.24) is 5.32 Å². The van der Waals surface area contributed by atoms with E-state index in [1.54, 1.807) is 25.7 Å². The molecule has 3 unspecified atom stereocenters. The van der Waals surface area contributed by atoms with E-state index in [0.29, 0.717) is 0 Å². The van der Waals surface area contributed by atoms with Crippen molar-refractivity contribution in [3.8, 4) is 0 Å². The van der Waals surface area contributed by atoms with Gasteiger partial charge in [0.25, 0.3) is 0 Å². The molecular weight excluding hydrogens is 178 g/mol. The second kappa shape index (κ2) is 3.47. The van der Waals surface area contributed by atoms with Crippen molar-refractivity contribution in [2.75, 3.05) is 18.8 Å². The Balaban J connectivity index is 1.45. The van der Waals surface area contributed by atoms with E-state index in [1.165, 1.54) is 18.8 Å². The van der Waals surface area contributed by atoms with E-state index in [4.69, 9.17) is 0 Å². The van der Waals surface area contributed by atoms with E-state index in [9.17, 15) is 0 Å². The Labute approximate surface area is 85.0 Å². The molecule has 3 rings (SSSR count). The lowest BCUT2D eigenvalue weighted by Crippen LogP contribution is -2.43. The maximum atomic E-state index is 3.36. The molecule has 0 aromatic heterocycles. The monoisotopic (exact) mass is 197 g/mol. The standard InChI is InChI=1S/C11H19NS/c1-2-10-3-8(1)4-11(10)13-7-9-5-12-6-9/h8-12H,1-7H2. The van der Waals surface area contributed by atoms with E-state index in [-0.39, 0.29) is 0 Å². The molecule has 3 atom stereocenters. The van der Waals surface area contributed by atoms with Crippen molar-refractivity contribution < 1.29 is 0 Å². The largest absolute Gasteiger partial charge is 0.316 e. The van der Waals surface area contributed by atoms with Gasteiger partial charge in [-0.15, -0.1) is 0 Å². The smallest absolute Gasteiger partial charge is 0.00781 e. The molecule has 0 aromatic rings. The maximum Gasteiger partial charge on any atom is 0.00781 e. The quantitative estimate of drug-likeness (QED) is 0.744. The van der Waals surface area contributed by atoms with Gasteiger partial charge in [0.1, 0.15) is 0 Å². The number of nitrogens with one attached hydrogen (secondary N) is 1. The minimum atomic E-state index is 1.00. The van der Waals surface area contributed by atoms with Gasteiger partial charge in [-0.05, 0) is 55.9 Å². The van der Waals surface area contributed by atoms with Crippen LogP contribution in [0, 0.1) is 17.8 Å². The molecule has 1 aliphatic heterocycles. The predicted molar refractivity (Wildman–Crippen MR) is 58.1 cm³/mol. The molecule has 13 heavy (non-hydrogen) atoms. The molecule has 0 aromatic carbocycles. The zero-order chi connectivity index (χ0) is 8.67. The lowest BCUT2D eigenvalue weighted by molar-refractivity contribution is 0.384. The number of hydrogen-bond acceptors (Lipinski definition) is 2. The average molecular weight is 197 g/mol. The van der Waals surface area contributed by atoms with Crippen molar-refractivity contribution in [2.24, 2.45) is 17.8 Å². The molecule has 1 saturated heterocycles. The lowest BCUT2D eigenvalue weighted by atomic mass is 10.0. The Bertz CT molecular complexity index is 191. The molecule has 3 fully saturated rings. The summed E-state index contributed by atoms with van der Waals surface area (Å²) in [5.41, 5.74) is 0. The van der Waals surface area contributed by atoms with Crippen LogP contribution in [0.3, 0.4) is 0 Å². The van der Waals surface area contributed by atoms with Crippen molar-refractivity contribution in [3.05, 3.63) is 0 Å². The number of fused-ring (bicyclic) bond motifs is 2. The highest BCUT2D eigenvalue weighted by Gasteiger charge is 2.39. The number of thioether (sulfide) groups is 1. The summed E-state index contributed by atoms with van der Waals surface area (Å²) in [5, 5.41) is 4.41. The van der Waals surface area contributed by atoms with Gasteiger partial charge >= 0.3 is 0 Å². The molecule has 0 radical (unpaired) electrons. The van der Waals surface area contributed by atoms with Crippen LogP contribution in [0.2, 0.25) is 0 Å². The molecule has 1 nitrogen and oxygen atoms in total. The van der Waals surface area contributed by atoms with E-state index in [0.717, 1.165) is 23.0 Å². The second-order valence-corrected chi connectivity index (χ2v) is 6.34. The fourth-order valence-electron chi connectivity index (χ4n) is 3.12. The molecule has 74 valence electrons. The van der Waals surface area contributed by atoms with Crippen LogP contribution in [0.15, 0.2) is 0 Å². The predicted octanol–water partition coefficient (Wildman–Crippen LogP) is 2.13. The second-order valence-electron chi connectivity index (χ2n) is 5.07. The zero-order valence-corrected chi connectivity index (χ0v) is 8.98. The summed E-state index contributed by atoms with van der Waals surface area (Å²) in [6.45, 7) is 2.57. The van der Waals surface area contributed by atoms with Gasteiger partial charge in [-0.2, -0.15) is 11.8 Å². The van der Waals surface area contributed by atoms with E-state index in [2.05, 4.69) is 17.1 Å². The van der Waals surface area contributed by atoms with Gasteiger partial charge in [-0.3, -0.25) is 0 Å². The minimum absolute atomic E-state index is 1.00. The molecule has 2 saturated carbocycles. The van der Waals surface area contributed by atoms with Gasteiger partial charge < -0.3 is 5.32 Å². The highest BCUT2D eigenvalue weighted by molar-refractivity contribution is 7.99. The highest BCUT2D eigenvalue weighted by atomic mass is 32.2. The topological polar surface area (TPSA) is 12.0 Å². The van der Waals surface area contributed by atoms with Gasteiger partial charge in [-0.1, -0.05) is 6.42 Å². The van der Waals surface area contributed by atoms with Crippen LogP contribution in [-0.2, 0) is 0 Å². The third-order valence-electron chi connectivity index (χ3n) is 4.09. The van der Waals surface area contributed by atoms with Gasteiger partial charge in [0.2, 0.25) is 0 Å². The van der Waals surface area contributed by atoms with Crippen molar-refractivity contribution in [1.29, 1.82) is 0 Å². The van der Waals surface area contributed by atoms with Crippen LogP contribution < -0.4 is 5.32 Å². The summed E-state index contributed by atoms with van der Waals surface area (Å²) in [4.78, 5) is 0. The molecular formula is C11H19NS. The van der Waals surface area contributed by atoms with Crippen LogP contribution in [-0.4, -0.2) is 24.1 Å². The number of hydrogen-bond donors (Lipinski definition) is 1. The van der Waals surface area contributed by atoms with Gasteiger partial charge in [0.05, 0.1) is 0 Å². The van der Waals surface area contributed by atoms with Gasteiger partial charge in [-0.25, -0.2) is 0 Å². The van der Waals surface area contributed by atoms with Crippen LogP contribution in [0.5, 0.6) is 0 Å². The van der Waals surface area contributed by atoms with Crippen molar-refractivity contribution in [2.45, 2.75) is 30.9 Å². The van der Waals surface area contributed by atoms with E-state index < -0.39 is 0 Å². The van der Waals surface area contributed by atoms with Crippen molar-refractivity contribution in [3.63, 3.8) is 0 Å². The highest BCUT2D eigenvalue weighted by Crippen LogP contribution is 2.49. The molecule has 2 bridgehead atoms. The van der Waals surface area contributed by atoms with Crippen LogP contribution in [0.4, 0.5) is 0 Å². The SMILES string of the molecule is C1CC2CC1CC2SCC1CNC1. The fourth-order valence-corrected chi connectivity index (χ4v) is 4.80. The Hall–Kier alpha value is 0.310. The Morgan fingerprint density at radius 2 is 2.08 bits per heavy atom. The first-order chi connectivity index (χ1) is 6.42. The molecule has 1 N–H and O–H groups in total. The molecule has 2 aliphatic carbocycles. The Morgan fingerprint density at radius 1 is 1.15 bits per heavy atom. The van der Waals surface area contributed by atoms with E-state index >= 15 is 0 Å². The summed E-state index contributed by atoms with van der Waals surface area (Å²) >= 11 is 2.29. The minimum Gasteiger partial charge on any atom is -0.316 e. The third-order valence-corrected chi connectivity index (χ3v) is 5.75. The van der Waals surface area contributed by atoms with Gasteiger partial charge in [0.15, 0.2) is 0 Å². The summed E-state index contributed by atoms with van der Waals surface area (Å²) in [6.07, 6.45) is 6.22. The molecule has 1 heterocycles. The Kier molecular flexibility index (Phi) is 2.30. The van der Waals surface area contributed by atoms with Crippen molar-refractivity contribution >= 4 is 11.8 Å².